The van der Waals surface area contributed by atoms with Crippen molar-refractivity contribution in [3.05, 3.63) is 6.20 Å². The monoisotopic (exact) mass is 302 g/mol. The summed E-state index contributed by atoms with van der Waals surface area (Å²) in [5, 5.41) is 3.97. The van der Waals surface area contributed by atoms with Crippen LogP contribution < -0.4 is 10.5 Å². The molecule has 0 bridgehead atoms. The largest absolute Gasteiger partial charge is 0.381 e. The van der Waals surface area contributed by atoms with Crippen molar-refractivity contribution in [2.45, 2.75) is 44.2 Å². The molecule has 2 heterocycles. The standard InChI is InChI=1S/C12H22N4O3S/c1-3-16-8-11(12(13)14-16)20(17,18)15-9(2)10-4-6-19-7-5-10/h8-10,15H,3-7H2,1-2H3,(H2,13,14). The number of nitrogens with zero attached hydrogens (tertiary/aromatic N) is 2. The summed E-state index contributed by atoms with van der Waals surface area (Å²) in [5.74, 6) is 0.333. The summed E-state index contributed by atoms with van der Waals surface area (Å²) in [5.41, 5.74) is 5.69. The van der Waals surface area contributed by atoms with Gasteiger partial charge in [0, 0.05) is 32.0 Å². The predicted molar refractivity (Wildman–Crippen MR) is 75.6 cm³/mol. The zero-order valence-electron chi connectivity index (χ0n) is 11.9. The SMILES string of the molecule is CCn1cc(S(=O)(=O)NC(C)C2CCOCC2)c(N)n1. The van der Waals surface area contributed by atoms with E-state index in [1.807, 2.05) is 13.8 Å². The summed E-state index contributed by atoms with van der Waals surface area (Å²) in [6.45, 7) is 5.71. The molecule has 1 aliphatic heterocycles. The second-order valence-corrected chi connectivity index (χ2v) is 6.78. The number of hydrogen-bond donors (Lipinski definition) is 2. The zero-order chi connectivity index (χ0) is 14.8. The summed E-state index contributed by atoms with van der Waals surface area (Å²) in [4.78, 5) is 0.0539. The lowest BCUT2D eigenvalue weighted by molar-refractivity contribution is 0.0585. The molecule has 0 aliphatic carbocycles. The molecule has 0 spiro atoms. The number of ether oxygens (including phenoxy) is 1. The topological polar surface area (TPSA) is 99.2 Å². The Morgan fingerprint density at radius 1 is 1.55 bits per heavy atom. The molecule has 0 radical (unpaired) electrons. The highest BCUT2D eigenvalue weighted by molar-refractivity contribution is 7.89. The molecule has 1 unspecified atom stereocenters. The maximum Gasteiger partial charge on any atom is 0.246 e. The maximum absolute atomic E-state index is 12.4. The average Bonchev–Trinajstić information content (AvgIpc) is 2.81. The molecule has 0 amide bonds. The summed E-state index contributed by atoms with van der Waals surface area (Å²) in [7, 11) is -3.63. The second kappa shape index (κ2) is 6.11. The molecule has 8 heteroatoms. The van der Waals surface area contributed by atoms with Crippen LogP contribution >= 0.6 is 0 Å². The molecule has 114 valence electrons. The predicted octanol–water partition coefficient (Wildman–Crippen LogP) is 0.579. The molecule has 0 saturated carbocycles. The highest BCUT2D eigenvalue weighted by Crippen LogP contribution is 2.22. The Balaban J connectivity index is 2.11. The second-order valence-electron chi connectivity index (χ2n) is 5.09. The van der Waals surface area contributed by atoms with E-state index in [4.69, 9.17) is 10.5 Å². The number of hydrogen-bond acceptors (Lipinski definition) is 5. The first-order valence-electron chi connectivity index (χ1n) is 6.87. The summed E-state index contributed by atoms with van der Waals surface area (Å²) in [6, 6.07) is -0.145. The molecule has 0 aromatic carbocycles. The fourth-order valence-corrected chi connectivity index (χ4v) is 3.79. The average molecular weight is 302 g/mol. The van der Waals surface area contributed by atoms with E-state index in [-0.39, 0.29) is 16.8 Å². The smallest absolute Gasteiger partial charge is 0.246 e. The minimum atomic E-state index is -3.63. The van der Waals surface area contributed by atoms with E-state index in [0.717, 1.165) is 12.8 Å². The minimum Gasteiger partial charge on any atom is -0.381 e. The van der Waals surface area contributed by atoms with Gasteiger partial charge in [-0.3, -0.25) is 4.68 Å². The van der Waals surface area contributed by atoms with Gasteiger partial charge >= 0.3 is 0 Å². The minimum absolute atomic E-state index is 0.0403. The molecule has 1 saturated heterocycles. The van der Waals surface area contributed by atoms with Crippen LogP contribution in [0, 0.1) is 5.92 Å². The van der Waals surface area contributed by atoms with Crippen LogP contribution in [0.25, 0.3) is 0 Å². The van der Waals surface area contributed by atoms with E-state index in [1.54, 1.807) is 0 Å². The van der Waals surface area contributed by atoms with E-state index in [1.165, 1.54) is 10.9 Å². The first-order chi connectivity index (χ1) is 9.44. The van der Waals surface area contributed by atoms with Crippen molar-refractivity contribution in [2.75, 3.05) is 18.9 Å². The highest BCUT2D eigenvalue weighted by atomic mass is 32.2. The van der Waals surface area contributed by atoms with E-state index >= 15 is 0 Å². The lowest BCUT2D eigenvalue weighted by Crippen LogP contribution is -2.40. The van der Waals surface area contributed by atoms with E-state index in [2.05, 4.69) is 9.82 Å². The molecule has 1 atom stereocenters. The van der Waals surface area contributed by atoms with Gasteiger partial charge in [0.25, 0.3) is 0 Å². The number of rotatable bonds is 5. The Bertz CT molecular complexity index is 549. The Morgan fingerprint density at radius 3 is 2.75 bits per heavy atom. The third-order valence-corrected chi connectivity index (χ3v) is 5.26. The van der Waals surface area contributed by atoms with Crippen molar-refractivity contribution in [3.63, 3.8) is 0 Å². The number of aromatic nitrogens is 2. The van der Waals surface area contributed by atoms with Crippen LogP contribution in [-0.2, 0) is 21.3 Å². The van der Waals surface area contributed by atoms with Crippen LogP contribution in [0.2, 0.25) is 0 Å². The van der Waals surface area contributed by atoms with E-state index in [0.29, 0.717) is 25.7 Å². The molecule has 2 rings (SSSR count). The molecule has 20 heavy (non-hydrogen) atoms. The molecule has 7 nitrogen and oxygen atoms in total. The highest BCUT2D eigenvalue weighted by Gasteiger charge is 2.27. The van der Waals surface area contributed by atoms with Gasteiger partial charge in [-0.15, -0.1) is 0 Å². The lowest BCUT2D eigenvalue weighted by atomic mass is 9.94. The van der Waals surface area contributed by atoms with Gasteiger partial charge in [-0.05, 0) is 32.6 Å². The third-order valence-electron chi connectivity index (χ3n) is 3.68. The number of aryl methyl sites for hydroxylation is 1. The van der Waals surface area contributed by atoms with E-state index in [9.17, 15) is 8.42 Å². The van der Waals surface area contributed by atoms with E-state index < -0.39 is 10.0 Å². The Morgan fingerprint density at radius 2 is 2.20 bits per heavy atom. The number of sulfonamides is 1. The molecule has 3 N–H and O–H groups in total. The van der Waals surface area contributed by atoms with Gasteiger partial charge in [0.15, 0.2) is 5.82 Å². The first-order valence-corrected chi connectivity index (χ1v) is 8.35. The fourth-order valence-electron chi connectivity index (χ4n) is 2.41. The van der Waals surface area contributed by atoms with Crippen molar-refractivity contribution >= 4 is 15.8 Å². The van der Waals surface area contributed by atoms with Crippen LogP contribution in [0.4, 0.5) is 5.82 Å². The summed E-state index contributed by atoms with van der Waals surface area (Å²) < 4.78 is 34.2. The van der Waals surface area contributed by atoms with Gasteiger partial charge < -0.3 is 10.5 Å². The lowest BCUT2D eigenvalue weighted by Gasteiger charge is -2.28. The van der Waals surface area contributed by atoms with Gasteiger partial charge in [-0.1, -0.05) is 0 Å². The normalized spacial score (nSPS) is 19.1. The number of nitrogens with two attached hydrogens (primary N) is 1. The number of anilines is 1. The van der Waals surface area contributed by atoms with Crippen LogP contribution in [0.5, 0.6) is 0 Å². The van der Waals surface area contributed by atoms with Gasteiger partial charge in [-0.2, -0.15) is 5.10 Å². The van der Waals surface area contributed by atoms with Crippen LogP contribution in [0.3, 0.4) is 0 Å². The maximum atomic E-state index is 12.4. The number of nitrogen functional groups attached to an aromatic ring is 1. The quantitative estimate of drug-likeness (QED) is 0.829. The Hall–Kier alpha value is -1.12. The van der Waals surface area contributed by atoms with Gasteiger partial charge in [0.2, 0.25) is 10.0 Å². The van der Waals surface area contributed by atoms with Crippen molar-refractivity contribution in [3.8, 4) is 0 Å². The molecule has 1 aromatic heterocycles. The van der Waals surface area contributed by atoms with Gasteiger partial charge in [0.05, 0.1) is 0 Å². The van der Waals surface area contributed by atoms with Crippen LogP contribution in [0.1, 0.15) is 26.7 Å². The van der Waals surface area contributed by atoms with Crippen molar-refractivity contribution in [1.82, 2.24) is 14.5 Å². The summed E-state index contributed by atoms with van der Waals surface area (Å²) >= 11 is 0. The Labute approximate surface area is 119 Å². The fraction of sp³-hybridized carbons (Fsp3) is 0.750. The molecule has 1 aromatic rings. The molecule has 1 aliphatic rings. The molecule has 1 fully saturated rings. The molecular formula is C12H22N4O3S. The van der Waals surface area contributed by atoms with Crippen molar-refractivity contribution in [1.29, 1.82) is 0 Å². The third kappa shape index (κ3) is 3.31. The van der Waals surface area contributed by atoms with Crippen LogP contribution in [-0.4, -0.2) is 37.5 Å². The number of nitrogens with one attached hydrogen (secondary N) is 1. The van der Waals surface area contributed by atoms with Gasteiger partial charge in [-0.25, -0.2) is 13.1 Å². The van der Waals surface area contributed by atoms with Crippen molar-refractivity contribution in [2.24, 2.45) is 5.92 Å². The van der Waals surface area contributed by atoms with Crippen molar-refractivity contribution < 1.29 is 13.2 Å². The zero-order valence-corrected chi connectivity index (χ0v) is 12.7. The first kappa shape index (κ1) is 15.3. The Kier molecular flexibility index (Phi) is 4.66. The summed E-state index contributed by atoms with van der Waals surface area (Å²) in [6.07, 6.45) is 3.20. The molecular weight excluding hydrogens is 280 g/mol. The van der Waals surface area contributed by atoms with Gasteiger partial charge in [0.1, 0.15) is 4.90 Å². The van der Waals surface area contributed by atoms with Crippen LogP contribution in [0.15, 0.2) is 11.1 Å².